The van der Waals surface area contributed by atoms with Gasteiger partial charge in [-0.1, -0.05) is 18.5 Å². The number of halogens is 2. The third-order valence-electron chi connectivity index (χ3n) is 4.65. The first kappa shape index (κ1) is 20.9. The minimum absolute atomic E-state index is 0.144. The highest BCUT2D eigenvalue weighted by atomic mass is 35.5. The number of nitrogens with zero attached hydrogens (tertiary/aromatic N) is 3. The van der Waals surface area contributed by atoms with Crippen molar-refractivity contribution in [1.82, 2.24) is 19.7 Å². The molecule has 0 saturated heterocycles. The number of rotatable bonds is 5. The fourth-order valence-electron chi connectivity index (χ4n) is 3.35. The first-order valence-corrected chi connectivity index (χ1v) is 9.54. The average Bonchev–Trinajstić information content (AvgIpc) is 3.01. The number of aromatic nitrogens is 3. The minimum atomic E-state index is -0.824. The highest BCUT2D eigenvalue weighted by Gasteiger charge is 2.29. The smallest absolute Gasteiger partial charge is 0.257 e. The SMILES string of the molecule is CNC(=O)c1c(F)c(Cl)cc([C@H](C)c2nc(C)c3c(N)nccn23)c1OC(C)C. The Morgan fingerprint density at radius 3 is 2.69 bits per heavy atom. The van der Waals surface area contributed by atoms with Crippen molar-refractivity contribution in [2.75, 3.05) is 12.8 Å². The quantitative estimate of drug-likeness (QED) is 0.657. The molecule has 0 fully saturated rings. The summed E-state index contributed by atoms with van der Waals surface area (Å²) in [6, 6.07) is 1.48. The van der Waals surface area contributed by atoms with Gasteiger partial charge in [0.2, 0.25) is 0 Å². The Bertz CT molecular complexity index is 1100. The van der Waals surface area contributed by atoms with Crippen LogP contribution in [0.1, 0.15) is 54.1 Å². The first-order valence-electron chi connectivity index (χ1n) is 9.17. The predicted octanol–water partition coefficient (Wildman–Crippen LogP) is 3.71. The molecule has 3 aromatic rings. The fraction of sp³-hybridized carbons (Fsp3) is 0.350. The summed E-state index contributed by atoms with van der Waals surface area (Å²) in [6.07, 6.45) is 3.05. The summed E-state index contributed by atoms with van der Waals surface area (Å²) in [7, 11) is 1.42. The van der Waals surface area contributed by atoms with E-state index in [4.69, 9.17) is 22.1 Å². The van der Waals surface area contributed by atoms with E-state index in [-0.39, 0.29) is 28.4 Å². The number of hydrogen-bond donors (Lipinski definition) is 2. The Hall–Kier alpha value is -2.87. The summed E-state index contributed by atoms with van der Waals surface area (Å²) in [5, 5.41) is 2.28. The largest absolute Gasteiger partial charge is 0.490 e. The molecule has 0 radical (unpaired) electrons. The lowest BCUT2D eigenvalue weighted by Crippen LogP contribution is -2.23. The molecule has 0 aliphatic carbocycles. The van der Waals surface area contributed by atoms with Gasteiger partial charge >= 0.3 is 0 Å². The van der Waals surface area contributed by atoms with Gasteiger partial charge in [0.25, 0.3) is 5.91 Å². The summed E-state index contributed by atoms with van der Waals surface area (Å²) >= 11 is 6.14. The van der Waals surface area contributed by atoms with Gasteiger partial charge in [0.1, 0.15) is 28.5 Å². The fourth-order valence-corrected chi connectivity index (χ4v) is 3.57. The maximum absolute atomic E-state index is 14.8. The molecule has 0 aliphatic rings. The number of nitrogens with one attached hydrogen (secondary N) is 1. The highest BCUT2D eigenvalue weighted by Crippen LogP contribution is 2.39. The number of imidazole rings is 1. The molecule has 1 atom stereocenters. The summed E-state index contributed by atoms with van der Waals surface area (Å²) in [5.41, 5.74) is 7.74. The summed E-state index contributed by atoms with van der Waals surface area (Å²) in [5.74, 6) is -0.677. The zero-order valence-corrected chi connectivity index (χ0v) is 17.6. The van der Waals surface area contributed by atoms with E-state index in [1.165, 1.54) is 13.1 Å². The molecule has 1 amide bonds. The molecule has 3 N–H and O–H groups in total. The van der Waals surface area contributed by atoms with E-state index >= 15 is 0 Å². The number of nitrogens with two attached hydrogens (primary N) is 1. The van der Waals surface area contributed by atoms with Crippen molar-refractivity contribution >= 4 is 28.8 Å². The number of amides is 1. The molecule has 0 spiro atoms. The van der Waals surface area contributed by atoms with Gasteiger partial charge in [0, 0.05) is 30.9 Å². The van der Waals surface area contributed by atoms with Gasteiger partial charge in [-0.3, -0.25) is 9.20 Å². The van der Waals surface area contributed by atoms with E-state index < -0.39 is 11.7 Å². The lowest BCUT2D eigenvalue weighted by Gasteiger charge is -2.22. The van der Waals surface area contributed by atoms with Crippen LogP contribution in [0, 0.1) is 12.7 Å². The van der Waals surface area contributed by atoms with Crippen molar-refractivity contribution in [3.05, 3.63) is 51.9 Å². The van der Waals surface area contributed by atoms with Gasteiger partial charge in [-0.05, 0) is 26.8 Å². The average molecular weight is 420 g/mol. The Morgan fingerprint density at radius 2 is 2.07 bits per heavy atom. The zero-order chi connectivity index (χ0) is 21.5. The molecular weight excluding hydrogens is 397 g/mol. The van der Waals surface area contributed by atoms with E-state index in [1.54, 1.807) is 26.2 Å². The standard InChI is InChI=1S/C20H23ClFN5O2/c1-9(2)29-17-12(8-13(21)15(22)14(17)20(28)24-5)10(3)19-26-11(4)16-18(23)25-6-7-27(16)19/h6-10H,1-5H3,(H2,23,25)(H,24,28)/t10-/m0/s1. The van der Waals surface area contributed by atoms with E-state index in [0.29, 0.717) is 28.4 Å². The normalized spacial score (nSPS) is 12.4. The van der Waals surface area contributed by atoms with Crippen molar-refractivity contribution in [2.24, 2.45) is 0 Å². The number of nitrogen functional groups attached to an aromatic ring is 1. The Kier molecular flexibility index (Phi) is 5.66. The van der Waals surface area contributed by atoms with Crippen LogP contribution < -0.4 is 15.8 Å². The molecule has 0 saturated carbocycles. The second-order valence-corrected chi connectivity index (χ2v) is 7.43. The molecule has 0 bridgehead atoms. The second kappa shape index (κ2) is 7.87. The summed E-state index contributed by atoms with van der Waals surface area (Å²) in [6.45, 7) is 7.32. The maximum Gasteiger partial charge on any atom is 0.257 e. The second-order valence-electron chi connectivity index (χ2n) is 7.02. The summed E-state index contributed by atoms with van der Waals surface area (Å²) < 4.78 is 22.5. The van der Waals surface area contributed by atoms with E-state index in [0.717, 1.165) is 0 Å². The van der Waals surface area contributed by atoms with Crippen LogP contribution >= 0.6 is 11.6 Å². The van der Waals surface area contributed by atoms with Crippen LogP contribution in [0.5, 0.6) is 5.75 Å². The monoisotopic (exact) mass is 419 g/mol. The first-order chi connectivity index (χ1) is 13.7. The van der Waals surface area contributed by atoms with Crippen LogP contribution in [0.15, 0.2) is 18.5 Å². The lowest BCUT2D eigenvalue weighted by molar-refractivity contribution is 0.0952. The number of fused-ring (bicyclic) bond motifs is 1. The van der Waals surface area contributed by atoms with Crippen molar-refractivity contribution in [1.29, 1.82) is 0 Å². The van der Waals surface area contributed by atoms with Gasteiger partial charge < -0.3 is 15.8 Å². The highest BCUT2D eigenvalue weighted by molar-refractivity contribution is 6.31. The molecule has 0 unspecified atom stereocenters. The number of hydrogen-bond acceptors (Lipinski definition) is 5. The number of anilines is 1. The Balaban J connectivity index is 2.29. The molecule has 7 nitrogen and oxygen atoms in total. The molecule has 9 heteroatoms. The number of carbonyl (C=O) groups is 1. The number of aryl methyl sites for hydroxylation is 1. The molecule has 3 rings (SSSR count). The zero-order valence-electron chi connectivity index (χ0n) is 16.9. The molecule has 29 heavy (non-hydrogen) atoms. The van der Waals surface area contributed by atoms with Crippen molar-refractivity contribution in [2.45, 2.75) is 39.7 Å². The maximum atomic E-state index is 14.8. The Labute approximate surface area is 173 Å². The number of carbonyl (C=O) groups excluding carboxylic acids is 1. The van der Waals surface area contributed by atoms with Gasteiger partial charge in [-0.15, -0.1) is 0 Å². The molecular formula is C20H23ClFN5O2. The molecule has 2 heterocycles. The van der Waals surface area contributed by atoms with Gasteiger partial charge in [-0.2, -0.15) is 0 Å². The third-order valence-corrected chi connectivity index (χ3v) is 4.92. The Morgan fingerprint density at radius 1 is 1.38 bits per heavy atom. The lowest BCUT2D eigenvalue weighted by atomic mass is 9.95. The molecule has 2 aromatic heterocycles. The van der Waals surface area contributed by atoms with E-state index in [2.05, 4.69) is 15.3 Å². The van der Waals surface area contributed by atoms with Crippen LogP contribution in [0.4, 0.5) is 10.2 Å². The number of benzene rings is 1. The van der Waals surface area contributed by atoms with Crippen LogP contribution in [0.25, 0.3) is 5.52 Å². The van der Waals surface area contributed by atoms with Crippen molar-refractivity contribution < 1.29 is 13.9 Å². The minimum Gasteiger partial charge on any atom is -0.490 e. The van der Waals surface area contributed by atoms with Gasteiger partial charge in [0.05, 0.1) is 16.8 Å². The van der Waals surface area contributed by atoms with Crippen LogP contribution in [-0.2, 0) is 0 Å². The van der Waals surface area contributed by atoms with Gasteiger partial charge in [-0.25, -0.2) is 14.4 Å². The molecule has 154 valence electrons. The van der Waals surface area contributed by atoms with Crippen LogP contribution in [-0.4, -0.2) is 33.4 Å². The predicted molar refractivity (Wildman–Crippen MR) is 110 cm³/mol. The van der Waals surface area contributed by atoms with Crippen molar-refractivity contribution in [3.8, 4) is 5.75 Å². The molecule has 1 aromatic carbocycles. The molecule has 0 aliphatic heterocycles. The topological polar surface area (TPSA) is 94.5 Å². The van der Waals surface area contributed by atoms with Crippen LogP contribution in [0.2, 0.25) is 5.02 Å². The van der Waals surface area contributed by atoms with E-state index in [1.807, 2.05) is 18.2 Å². The van der Waals surface area contributed by atoms with Crippen molar-refractivity contribution in [3.63, 3.8) is 0 Å². The number of ether oxygens (including phenoxy) is 1. The third kappa shape index (κ3) is 3.60. The van der Waals surface area contributed by atoms with E-state index in [9.17, 15) is 9.18 Å². The summed E-state index contributed by atoms with van der Waals surface area (Å²) in [4.78, 5) is 21.2. The van der Waals surface area contributed by atoms with Gasteiger partial charge in [0.15, 0.2) is 5.82 Å². The van der Waals surface area contributed by atoms with Crippen LogP contribution in [0.3, 0.4) is 0 Å².